The summed E-state index contributed by atoms with van der Waals surface area (Å²) < 4.78 is 27.6. The van der Waals surface area contributed by atoms with Crippen LogP contribution in [0.1, 0.15) is 29.5 Å². The Balaban J connectivity index is 1.64. The Morgan fingerprint density at radius 1 is 1.08 bits per heavy atom. The Morgan fingerprint density at radius 2 is 1.76 bits per heavy atom. The fourth-order valence-electron chi connectivity index (χ4n) is 2.55. The quantitative estimate of drug-likeness (QED) is 0.833. The van der Waals surface area contributed by atoms with Crippen molar-refractivity contribution in [2.45, 2.75) is 38.1 Å². The molecule has 1 aliphatic rings. The van der Waals surface area contributed by atoms with E-state index in [0.29, 0.717) is 4.90 Å². The molecule has 2 N–H and O–H groups in total. The van der Waals surface area contributed by atoms with Gasteiger partial charge >= 0.3 is 0 Å². The van der Waals surface area contributed by atoms with Gasteiger partial charge in [0.1, 0.15) is 0 Å². The minimum absolute atomic E-state index is 0.0587. The fraction of sp³-hybridized carbons (Fsp3) is 0.316. The number of amides is 1. The minimum Gasteiger partial charge on any atom is -0.326 e. The smallest absolute Gasteiger partial charge is 0.241 e. The standard InChI is InChI=1S/C19H22N2O3S/c1-13-3-4-14(2)18(11-13)25(23,24)20-12-15-5-9-17(10-6-15)21-19(22)16-7-8-16/h3-6,9-11,16,20H,7-8,12H2,1-2H3,(H,21,22). The van der Waals surface area contributed by atoms with Crippen LogP contribution in [0.25, 0.3) is 0 Å². The lowest BCUT2D eigenvalue weighted by Gasteiger charge is -2.11. The third-order valence-corrected chi connectivity index (χ3v) is 5.81. The van der Waals surface area contributed by atoms with Crippen LogP contribution in [-0.4, -0.2) is 14.3 Å². The molecule has 0 aromatic heterocycles. The maximum atomic E-state index is 12.5. The van der Waals surface area contributed by atoms with Gasteiger partial charge in [-0.25, -0.2) is 13.1 Å². The van der Waals surface area contributed by atoms with Crippen molar-refractivity contribution in [3.8, 4) is 0 Å². The molecule has 132 valence electrons. The molecule has 2 aromatic carbocycles. The van der Waals surface area contributed by atoms with Crippen LogP contribution < -0.4 is 10.0 Å². The molecule has 3 rings (SSSR count). The molecule has 2 aromatic rings. The fourth-order valence-corrected chi connectivity index (χ4v) is 3.89. The molecular formula is C19H22N2O3S. The second-order valence-corrected chi connectivity index (χ2v) is 8.29. The molecule has 1 aliphatic carbocycles. The third kappa shape index (κ3) is 4.46. The molecule has 0 saturated heterocycles. The Morgan fingerprint density at radius 3 is 2.40 bits per heavy atom. The van der Waals surface area contributed by atoms with Gasteiger partial charge in [0.2, 0.25) is 15.9 Å². The van der Waals surface area contributed by atoms with Gasteiger partial charge in [-0.1, -0.05) is 24.3 Å². The number of benzene rings is 2. The van der Waals surface area contributed by atoms with Crippen molar-refractivity contribution in [1.29, 1.82) is 0 Å². The molecule has 5 nitrogen and oxygen atoms in total. The van der Waals surface area contributed by atoms with Crippen molar-refractivity contribution in [1.82, 2.24) is 4.72 Å². The van der Waals surface area contributed by atoms with Crippen LogP contribution in [0.2, 0.25) is 0 Å². The van der Waals surface area contributed by atoms with Crippen LogP contribution in [0.3, 0.4) is 0 Å². The summed E-state index contributed by atoms with van der Waals surface area (Å²) in [7, 11) is -3.56. The first-order valence-electron chi connectivity index (χ1n) is 8.32. The van der Waals surface area contributed by atoms with Crippen molar-refractivity contribution < 1.29 is 13.2 Å². The molecule has 1 fully saturated rings. The lowest BCUT2D eigenvalue weighted by atomic mass is 10.2. The van der Waals surface area contributed by atoms with E-state index >= 15 is 0 Å². The second-order valence-electron chi connectivity index (χ2n) is 6.55. The number of hydrogen-bond acceptors (Lipinski definition) is 3. The summed E-state index contributed by atoms with van der Waals surface area (Å²) in [6, 6.07) is 12.6. The van der Waals surface area contributed by atoms with E-state index in [4.69, 9.17) is 0 Å². The molecule has 0 radical (unpaired) electrons. The van der Waals surface area contributed by atoms with E-state index in [1.165, 1.54) is 0 Å². The molecule has 0 bridgehead atoms. The monoisotopic (exact) mass is 358 g/mol. The molecule has 6 heteroatoms. The Kier molecular flexibility index (Phi) is 4.92. The highest BCUT2D eigenvalue weighted by Gasteiger charge is 2.29. The lowest BCUT2D eigenvalue weighted by Crippen LogP contribution is -2.24. The normalized spacial score (nSPS) is 14.3. The number of carbonyl (C=O) groups excluding carboxylic acids is 1. The van der Waals surface area contributed by atoms with Crippen molar-refractivity contribution in [3.63, 3.8) is 0 Å². The first-order chi connectivity index (χ1) is 11.8. The van der Waals surface area contributed by atoms with Crippen LogP contribution in [0.4, 0.5) is 5.69 Å². The summed E-state index contributed by atoms with van der Waals surface area (Å²) in [5.74, 6) is 0.215. The van der Waals surface area contributed by atoms with Gasteiger partial charge in [-0.3, -0.25) is 4.79 Å². The number of hydrogen-bond donors (Lipinski definition) is 2. The SMILES string of the molecule is Cc1ccc(C)c(S(=O)(=O)NCc2ccc(NC(=O)C3CC3)cc2)c1. The Bertz CT molecular complexity index is 885. The van der Waals surface area contributed by atoms with E-state index in [1.807, 2.05) is 25.1 Å². The second kappa shape index (κ2) is 6.98. The summed E-state index contributed by atoms with van der Waals surface area (Å²) in [4.78, 5) is 12.0. The zero-order valence-electron chi connectivity index (χ0n) is 14.4. The van der Waals surface area contributed by atoms with Crippen LogP contribution >= 0.6 is 0 Å². The lowest BCUT2D eigenvalue weighted by molar-refractivity contribution is -0.117. The van der Waals surface area contributed by atoms with E-state index in [-0.39, 0.29) is 18.4 Å². The minimum atomic E-state index is -3.56. The molecule has 0 atom stereocenters. The number of anilines is 1. The maximum absolute atomic E-state index is 12.5. The average Bonchev–Trinajstić information content (AvgIpc) is 3.41. The van der Waals surface area contributed by atoms with Crippen molar-refractivity contribution in [3.05, 3.63) is 59.2 Å². The van der Waals surface area contributed by atoms with E-state index in [0.717, 1.165) is 35.2 Å². The zero-order valence-corrected chi connectivity index (χ0v) is 15.2. The molecule has 1 amide bonds. The predicted molar refractivity (Wildman–Crippen MR) is 97.7 cm³/mol. The van der Waals surface area contributed by atoms with Crippen LogP contribution in [0.15, 0.2) is 47.4 Å². The van der Waals surface area contributed by atoms with Gasteiger partial charge in [0, 0.05) is 18.2 Å². The van der Waals surface area contributed by atoms with E-state index < -0.39 is 10.0 Å². The number of rotatable bonds is 6. The molecular weight excluding hydrogens is 336 g/mol. The van der Waals surface area contributed by atoms with E-state index in [1.54, 1.807) is 31.2 Å². The van der Waals surface area contributed by atoms with Gasteiger partial charge in [-0.15, -0.1) is 0 Å². The van der Waals surface area contributed by atoms with Crippen LogP contribution in [0, 0.1) is 19.8 Å². The third-order valence-electron chi connectivity index (χ3n) is 4.27. The highest BCUT2D eigenvalue weighted by atomic mass is 32.2. The Hall–Kier alpha value is -2.18. The summed E-state index contributed by atoms with van der Waals surface area (Å²) in [6.07, 6.45) is 1.92. The highest BCUT2D eigenvalue weighted by Crippen LogP contribution is 2.30. The number of aryl methyl sites for hydroxylation is 2. The first kappa shape index (κ1) is 17.6. The van der Waals surface area contributed by atoms with Crippen LogP contribution in [0.5, 0.6) is 0 Å². The van der Waals surface area contributed by atoms with Gasteiger partial charge in [-0.2, -0.15) is 0 Å². The van der Waals surface area contributed by atoms with Crippen LogP contribution in [-0.2, 0) is 21.4 Å². The van der Waals surface area contributed by atoms with Crippen molar-refractivity contribution in [2.24, 2.45) is 5.92 Å². The molecule has 25 heavy (non-hydrogen) atoms. The van der Waals surface area contributed by atoms with Crippen molar-refractivity contribution >= 4 is 21.6 Å². The van der Waals surface area contributed by atoms with Gasteiger partial charge in [0.25, 0.3) is 0 Å². The van der Waals surface area contributed by atoms with Gasteiger partial charge in [-0.05, 0) is 61.6 Å². The predicted octanol–water partition coefficient (Wildman–Crippen LogP) is 3.13. The van der Waals surface area contributed by atoms with Gasteiger partial charge in [0.15, 0.2) is 0 Å². The first-order valence-corrected chi connectivity index (χ1v) is 9.80. The van der Waals surface area contributed by atoms with Gasteiger partial charge < -0.3 is 5.32 Å². The number of carbonyl (C=O) groups is 1. The van der Waals surface area contributed by atoms with E-state index in [9.17, 15) is 13.2 Å². The van der Waals surface area contributed by atoms with Gasteiger partial charge in [0.05, 0.1) is 4.90 Å². The maximum Gasteiger partial charge on any atom is 0.241 e. The molecule has 0 heterocycles. The molecule has 0 aliphatic heterocycles. The number of sulfonamides is 1. The largest absolute Gasteiger partial charge is 0.326 e. The summed E-state index contributed by atoms with van der Waals surface area (Å²) in [5, 5.41) is 2.87. The number of nitrogens with one attached hydrogen (secondary N) is 2. The zero-order chi connectivity index (χ0) is 18.0. The summed E-state index contributed by atoms with van der Waals surface area (Å²) in [6.45, 7) is 3.85. The molecule has 0 spiro atoms. The topological polar surface area (TPSA) is 75.3 Å². The van der Waals surface area contributed by atoms with E-state index in [2.05, 4.69) is 10.0 Å². The summed E-state index contributed by atoms with van der Waals surface area (Å²) >= 11 is 0. The Labute approximate surface area is 148 Å². The highest BCUT2D eigenvalue weighted by molar-refractivity contribution is 7.89. The summed E-state index contributed by atoms with van der Waals surface area (Å²) in [5.41, 5.74) is 3.19. The molecule has 1 saturated carbocycles. The van der Waals surface area contributed by atoms with Crippen molar-refractivity contribution in [2.75, 3.05) is 5.32 Å². The average molecular weight is 358 g/mol. The molecule has 0 unspecified atom stereocenters.